The van der Waals surface area contributed by atoms with Crippen molar-refractivity contribution < 1.29 is 48.3 Å². The maximum absolute atomic E-state index is 12.2. The van der Waals surface area contributed by atoms with Gasteiger partial charge in [0.15, 0.2) is 6.54 Å². The SMILES string of the molecule is CCCCCC(=O)NCCCCCCc1ccc(C[C@]23CN(CC(=O)O)CCN(CC(=O)O)CCN(CC(=O)O)CC[N+]2(CC(=O)O)S3)cc1. The highest BCUT2D eigenvalue weighted by atomic mass is 32.2. The molecule has 2 saturated heterocycles. The summed E-state index contributed by atoms with van der Waals surface area (Å²) in [5.74, 6) is -3.93. The van der Waals surface area contributed by atoms with Gasteiger partial charge >= 0.3 is 23.9 Å². The molecule has 0 bridgehead atoms. The summed E-state index contributed by atoms with van der Waals surface area (Å²) in [6.07, 6.45) is 9.21. The number of carbonyl (C=O) groups is 5. The van der Waals surface area contributed by atoms with Crippen molar-refractivity contribution in [3.05, 3.63) is 35.4 Å². The van der Waals surface area contributed by atoms with E-state index in [1.165, 1.54) is 17.5 Å². The number of benzene rings is 1. The number of aryl methyl sites for hydroxylation is 1. The van der Waals surface area contributed by atoms with Crippen LogP contribution < -0.4 is 5.32 Å². The molecule has 0 radical (unpaired) electrons. The first-order valence-corrected chi connectivity index (χ1v) is 18.6. The highest BCUT2D eigenvalue weighted by Crippen LogP contribution is 2.62. The summed E-state index contributed by atoms with van der Waals surface area (Å²) in [6.45, 7) is 3.84. The fraction of sp³-hybridized carbons (Fsp3) is 0.686. The highest BCUT2D eigenvalue weighted by Gasteiger charge is 2.73. The molecule has 2 aliphatic rings. The number of rotatable bonds is 21. The lowest BCUT2D eigenvalue weighted by Gasteiger charge is -2.33. The quantitative estimate of drug-likeness (QED) is 0.0540. The molecule has 2 heterocycles. The van der Waals surface area contributed by atoms with Crippen LogP contribution in [-0.2, 0) is 36.8 Å². The Morgan fingerprint density at radius 1 is 0.720 bits per heavy atom. The molecule has 0 spiro atoms. The van der Waals surface area contributed by atoms with Gasteiger partial charge in [0.2, 0.25) is 10.8 Å². The summed E-state index contributed by atoms with van der Waals surface area (Å²) >= 11 is 1.49. The third kappa shape index (κ3) is 14.2. The van der Waals surface area contributed by atoms with Crippen molar-refractivity contribution in [2.75, 3.05) is 78.5 Å². The minimum Gasteiger partial charge on any atom is -0.480 e. The second kappa shape index (κ2) is 20.6. The molecule has 14 nitrogen and oxygen atoms in total. The molecule has 50 heavy (non-hydrogen) atoms. The van der Waals surface area contributed by atoms with Gasteiger partial charge in [0, 0.05) is 52.1 Å². The first-order chi connectivity index (χ1) is 23.8. The van der Waals surface area contributed by atoms with Crippen molar-refractivity contribution in [3.8, 4) is 0 Å². The standard InChI is InChI=1S/C35H55N5O9S/c1-2-3-6-10-30(41)36-15-8-5-4-7-9-28-11-13-29(14-12-28)22-35-27-39(25-33(46)47)19-18-37(23-31(42)43)16-17-38(24-32(44)45)20-21-40(35,50-35)26-34(48)49/h11-14H,2-10,15-27H2,1H3,(H4-,36,41,42,43,44,45,46,47,48,49)/p+1/t35-,40?/m0/s1. The fourth-order valence-corrected chi connectivity index (χ4v) is 8.47. The Kier molecular flexibility index (Phi) is 16.9. The molecule has 1 aromatic rings. The molecule has 2 atom stereocenters. The first-order valence-electron chi connectivity index (χ1n) is 17.8. The van der Waals surface area contributed by atoms with Crippen molar-refractivity contribution >= 4 is 41.7 Å². The van der Waals surface area contributed by atoms with Crippen LogP contribution in [-0.4, -0.2) is 152 Å². The number of carboxylic acids is 4. The van der Waals surface area contributed by atoms with Crippen molar-refractivity contribution in [1.29, 1.82) is 0 Å². The predicted molar refractivity (Wildman–Crippen MR) is 190 cm³/mol. The van der Waals surface area contributed by atoms with E-state index in [1.54, 1.807) is 14.7 Å². The van der Waals surface area contributed by atoms with Gasteiger partial charge < -0.3 is 25.7 Å². The van der Waals surface area contributed by atoms with E-state index in [2.05, 4.69) is 36.5 Å². The third-order valence-corrected chi connectivity index (χ3v) is 11.3. The van der Waals surface area contributed by atoms with Crippen LogP contribution in [0.25, 0.3) is 0 Å². The lowest BCUT2D eigenvalue weighted by atomic mass is 9.99. The van der Waals surface area contributed by atoms with Crippen molar-refractivity contribution in [3.63, 3.8) is 0 Å². The Balaban J connectivity index is 1.69. The van der Waals surface area contributed by atoms with Gasteiger partial charge in [0.05, 0.1) is 26.2 Å². The predicted octanol–water partition coefficient (Wildman–Crippen LogP) is 2.46. The molecule has 5 N–H and O–H groups in total. The van der Waals surface area contributed by atoms with Crippen LogP contribution in [0, 0.1) is 0 Å². The Hall–Kier alpha value is -3.24. The number of quaternary nitrogens is 1. The Bertz CT molecular complexity index is 1290. The molecular weight excluding hydrogens is 666 g/mol. The molecule has 15 heteroatoms. The number of nitrogens with zero attached hydrogens (tertiary/aromatic N) is 4. The second-order valence-electron chi connectivity index (χ2n) is 13.6. The largest absolute Gasteiger partial charge is 0.480 e. The molecule has 0 saturated carbocycles. The first kappa shape index (κ1) is 41.2. The average Bonchev–Trinajstić information content (AvgIpc) is 3.63. The lowest BCUT2D eigenvalue weighted by molar-refractivity contribution is -0.762. The maximum atomic E-state index is 12.2. The summed E-state index contributed by atoms with van der Waals surface area (Å²) in [5.41, 5.74) is 2.19. The third-order valence-electron chi connectivity index (χ3n) is 9.46. The number of hydrogen-bond donors (Lipinski definition) is 5. The van der Waals surface area contributed by atoms with Gasteiger partial charge in [0.25, 0.3) is 0 Å². The van der Waals surface area contributed by atoms with Crippen LogP contribution in [0.15, 0.2) is 24.3 Å². The van der Waals surface area contributed by atoms with E-state index >= 15 is 0 Å². The van der Waals surface area contributed by atoms with E-state index in [-0.39, 0.29) is 68.7 Å². The Labute approximate surface area is 299 Å². The fourth-order valence-electron chi connectivity index (χ4n) is 6.77. The Morgan fingerprint density at radius 3 is 1.88 bits per heavy atom. The number of amides is 1. The van der Waals surface area contributed by atoms with Gasteiger partial charge in [-0.3, -0.25) is 33.9 Å². The molecule has 0 aromatic heterocycles. The zero-order chi connectivity index (χ0) is 36.6. The van der Waals surface area contributed by atoms with Crippen LogP contribution in [0.2, 0.25) is 0 Å². The molecule has 1 aromatic carbocycles. The zero-order valence-electron chi connectivity index (χ0n) is 29.4. The number of fused-ring (bicyclic) bond motifs is 1. The van der Waals surface area contributed by atoms with Crippen molar-refractivity contribution in [2.24, 2.45) is 0 Å². The van der Waals surface area contributed by atoms with Gasteiger partial charge in [-0.2, -0.15) is 0 Å². The van der Waals surface area contributed by atoms with E-state index in [1.807, 2.05) is 0 Å². The van der Waals surface area contributed by atoms with Gasteiger partial charge in [-0.15, -0.1) is 0 Å². The van der Waals surface area contributed by atoms with Crippen LogP contribution in [0.3, 0.4) is 0 Å². The van der Waals surface area contributed by atoms with Crippen LogP contribution >= 0.6 is 11.9 Å². The van der Waals surface area contributed by atoms with Crippen LogP contribution in [0.1, 0.15) is 69.4 Å². The maximum Gasteiger partial charge on any atom is 0.360 e. The Morgan fingerprint density at radius 2 is 1.28 bits per heavy atom. The highest BCUT2D eigenvalue weighted by molar-refractivity contribution is 8.00. The molecule has 1 unspecified atom stereocenters. The van der Waals surface area contributed by atoms with Crippen LogP contribution in [0.4, 0.5) is 0 Å². The molecule has 280 valence electrons. The number of unbranched alkanes of at least 4 members (excludes halogenated alkanes) is 5. The molecule has 2 aliphatic heterocycles. The van der Waals surface area contributed by atoms with E-state index in [0.717, 1.165) is 56.9 Å². The molecule has 3 rings (SSSR count). The summed E-state index contributed by atoms with van der Waals surface area (Å²) in [5, 5.41) is 41.8. The van der Waals surface area contributed by atoms with Crippen molar-refractivity contribution in [2.45, 2.75) is 76.0 Å². The normalized spacial score (nSPS) is 22.1. The summed E-state index contributed by atoms with van der Waals surface area (Å²) in [6, 6.07) is 8.28. The van der Waals surface area contributed by atoms with Crippen LogP contribution in [0.5, 0.6) is 0 Å². The number of hydrogen-bond acceptors (Lipinski definition) is 9. The number of nitrogens with one attached hydrogen (secondary N) is 1. The molecular formula is C35H56N5O9S+. The summed E-state index contributed by atoms with van der Waals surface area (Å²) < 4.78 is 0.133. The van der Waals surface area contributed by atoms with Gasteiger partial charge in [-0.25, -0.2) is 8.68 Å². The number of aliphatic carboxylic acids is 4. The van der Waals surface area contributed by atoms with E-state index in [4.69, 9.17) is 0 Å². The van der Waals surface area contributed by atoms with E-state index in [9.17, 15) is 44.4 Å². The summed E-state index contributed by atoms with van der Waals surface area (Å²) in [7, 11) is 0. The van der Waals surface area contributed by atoms with Gasteiger partial charge in [-0.1, -0.05) is 56.9 Å². The topological polar surface area (TPSA) is 188 Å². The summed E-state index contributed by atoms with van der Waals surface area (Å²) in [4.78, 5) is 63.8. The van der Waals surface area contributed by atoms with Crippen molar-refractivity contribution in [1.82, 2.24) is 20.0 Å². The average molecular weight is 723 g/mol. The molecule has 1 amide bonds. The van der Waals surface area contributed by atoms with E-state index in [0.29, 0.717) is 32.5 Å². The number of carbonyl (C=O) groups excluding carboxylic acids is 1. The van der Waals surface area contributed by atoms with E-state index < -0.39 is 28.7 Å². The molecule has 0 aliphatic carbocycles. The number of carboxylic acid groups (broad SMARTS) is 4. The zero-order valence-corrected chi connectivity index (χ0v) is 30.2. The minimum absolute atomic E-state index is 0.133. The monoisotopic (exact) mass is 722 g/mol. The van der Waals surface area contributed by atoms with Gasteiger partial charge in [0.1, 0.15) is 18.5 Å². The van der Waals surface area contributed by atoms with Gasteiger partial charge in [-0.05, 0) is 36.8 Å². The smallest absolute Gasteiger partial charge is 0.360 e. The lowest BCUT2D eigenvalue weighted by Crippen LogP contribution is -2.53. The molecule has 2 fully saturated rings. The second-order valence-corrected chi connectivity index (χ2v) is 15.3. The minimum atomic E-state index is -1.03.